The Kier molecular flexibility index (Phi) is 10.0. The van der Waals surface area contributed by atoms with Crippen molar-refractivity contribution in [2.75, 3.05) is 11.9 Å². The maximum atomic E-state index is 4.58. The van der Waals surface area contributed by atoms with Crippen LogP contribution >= 0.6 is 0 Å². The van der Waals surface area contributed by atoms with Gasteiger partial charge < -0.3 is 9.88 Å². The summed E-state index contributed by atoms with van der Waals surface area (Å²) in [5.74, 6) is 1.06. The third-order valence-corrected chi connectivity index (χ3v) is 3.96. The number of rotatable bonds is 13. The minimum Gasteiger partial charge on any atom is -0.356 e. The molecule has 122 valence electrons. The monoisotopic (exact) mass is 293 g/mol. The third kappa shape index (κ3) is 8.13. The number of imidazole rings is 1. The molecule has 0 unspecified atom stereocenters. The van der Waals surface area contributed by atoms with Gasteiger partial charge in [-0.25, -0.2) is 4.98 Å². The first-order chi connectivity index (χ1) is 10.3. The van der Waals surface area contributed by atoms with E-state index >= 15 is 0 Å². The Labute approximate surface area is 131 Å². The van der Waals surface area contributed by atoms with Gasteiger partial charge in [-0.15, -0.1) is 0 Å². The first kappa shape index (κ1) is 18.1. The molecule has 1 N–H and O–H groups in total. The lowest BCUT2D eigenvalue weighted by Crippen LogP contribution is -2.08. The van der Waals surface area contributed by atoms with Crippen LogP contribution in [0.4, 0.5) is 5.95 Å². The summed E-state index contributed by atoms with van der Waals surface area (Å²) < 4.78 is 2.27. The van der Waals surface area contributed by atoms with Crippen molar-refractivity contribution in [2.24, 2.45) is 0 Å². The molecule has 1 aromatic rings. The van der Waals surface area contributed by atoms with Crippen LogP contribution in [0.1, 0.15) is 83.7 Å². The predicted octanol–water partition coefficient (Wildman–Crippen LogP) is 5.54. The van der Waals surface area contributed by atoms with E-state index in [2.05, 4.69) is 41.8 Å². The van der Waals surface area contributed by atoms with Crippen molar-refractivity contribution in [2.45, 2.75) is 91.5 Å². The Hall–Kier alpha value is -0.990. The molecule has 3 nitrogen and oxygen atoms in total. The fourth-order valence-corrected chi connectivity index (χ4v) is 2.65. The van der Waals surface area contributed by atoms with Crippen LogP contribution in [0.2, 0.25) is 0 Å². The number of aryl methyl sites for hydroxylation is 2. The van der Waals surface area contributed by atoms with E-state index in [1.807, 2.05) is 0 Å². The smallest absolute Gasteiger partial charge is 0.203 e. The third-order valence-electron chi connectivity index (χ3n) is 3.96. The molecule has 0 aliphatic heterocycles. The fourth-order valence-electron chi connectivity index (χ4n) is 2.65. The quantitative estimate of drug-likeness (QED) is 0.484. The number of hydrogen-bond donors (Lipinski definition) is 1. The average molecular weight is 293 g/mol. The summed E-state index contributed by atoms with van der Waals surface area (Å²) in [7, 11) is 0. The molecule has 3 heteroatoms. The minimum atomic E-state index is 1.05. The molecule has 0 aliphatic carbocycles. The highest BCUT2D eigenvalue weighted by Gasteiger charge is 2.04. The van der Waals surface area contributed by atoms with Gasteiger partial charge in [0.15, 0.2) is 0 Å². The zero-order valence-electron chi connectivity index (χ0n) is 14.5. The first-order valence-electron chi connectivity index (χ1n) is 9.05. The van der Waals surface area contributed by atoms with Gasteiger partial charge in [0.05, 0.1) is 5.69 Å². The predicted molar refractivity (Wildman–Crippen MR) is 93.0 cm³/mol. The normalized spacial score (nSPS) is 11.0. The fraction of sp³-hybridized carbons (Fsp3) is 0.833. The number of unbranched alkanes of at least 4 members (excludes halogenated alkanes) is 8. The molecule has 1 rings (SSSR count). The van der Waals surface area contributed by atoms with E-state index in [0.29, 0.717) is 0 Å². The van der Waals surface area contributed by atoms with Crippen LogP contribution in [-0.2, 0) is 6.54 Å². The molecule has 0 saturated heterocycles. The van der Waals surface area contributed by atoms with Gasteiger partial charge in [-0.2, -0.15) is 0 Å². The van der Waals surface area contributed by atoms with Gasteiger partial charge in [-0.1, -0.05) is 65.2 Å². The number of hydrogen-bond acceptors (Lipinski definition) is 2. The van der Waals surface area contributed by atoms with Crippen LogP contribution in [0.3, 0.4) is 0 Å². The zero-order valence-corrected chi connectivity index (χ0v) is 14.5. The van der Waals surface area contributed by atoms with E-state index in [-0.39, 0.29) is 0 Å². The number of anilines is 1. The van der Waals surface area contributed by atoms with Gasteiger partial charge >= 0.3 is 0 Å². The second-order valence-electron chi connectivity index (χ2n) is 6.15. The van der Waals surface area contributed by atoms with E-state index in [0.717, 1.165) is 24.7 Å². The first-order valence-corrected chi connectivity index (χ1v) is 9.05. The summed E-state index contributed by atoms with van der Waals surface area (Å²) in [6.45, 7) is 8.72. The van der Waals surface area contributed by atoms with E-state index in [1.54, 1.807) is 0 Å². The lowest BCUT2D eigenvalue weighted by Gasteiger charge is -2.09. The van der Waals surface area contributed by atoms with Crippen molar-refractivity contribution < 1.29 is 0 Å². The van der Waals surface area contributed by atoms with Crippen LogP contribution < -0.4 is 5.32 Å². The summed E-state index contributed by atoms with van der Waals surface area (Å²) in [6, 6.07) is 0. The minimum absolute atomic E-state index is 1.05. The van der Waals surface area contributed by atoms with Gasteiger partial charge in [0, 0.05) is 19.3 Å². The molecule has 0 amide bonds. The Morgan fingerprint density at radius 1 is 0.905 bits per heavy atom. The van der Waals surface area contributed by atoms with Crippen molar-refractivity contribution in [3.63, 3.8) is 0 Å². The molecule has 0 atom stereocenters. The zero-order chi connectivity index (χ0) is 15.3. The van der Waals surface area contributed by atoms with Gasteiger partial charge in [0.2, 0.25) is 5.95 Å². The molecule has 0 bridgehead atoms. The second kappa shape index (κ2) is 11.6. The Balaban J connectivity index is 2.09. The number of aromatic nitrogens is 2. The number of nitrogens with one attached hydrogen (secondary N) is 1. The van der Waals surface area contributed by atoms with Crippen LogP contribution in [-0.4, -0.2) is 16.1 Å². The van der Waals surface area contributed by atoms with Gasteiger partial charge in [-0.3, -0.25) is 0 Å². The van der Waals surface area contributed by atoms with Crippen molar-refractivity contribution >= 4 is 5.95 Å². The van der Waals surface area contributed by atoms with E-state index in [9.17, 15) is 0 Å². The average Bonchev–Trinajstić information content (AvgIpc) is 2.83. The van der Waals surface area contributed by atoms with Crippen LogP contribution in [0.5, 0.6) is 0 Å². The van der Waals surface area contributed by atoms with Crippen molar-refractivity contribution in [3.05, 3.63) is 11.9 Å². The lowest BCUT2D eigenvalue weighted by molar-refractivity contribution is 0.579. The summed E-state index contributed by atoms with van der Waals surface area (Å²) in [6.07, 6.45) is 15.6. The largest absolute Gasteiger partial charge is 0.356 e. The highest BCUT2D eigenvalue weighted by molar-refractivity contribution is 5.28. The Morgan fingerprint density at radius 2 is 1.52 bits per heavy atom. The van der Waals surface area contributed by atoms with Crippen molar-refractivity contribution in [3.8, 4) is 0 Å². The summed E-state index contributed by atoms with van der Waals surface area (Å²) >= 11 is 0. The summed E-state index contributed by atoms with van der Waals surface area (Å²) in [5.41, 5.74) is 1.12. The van der Waals surface area contributed by atoms with Gasteiger partial charge in [0.1, 0.15) is 0 Å². The molecule has 0 saturated carbocycles. The van der Waals surface area contributed by atoms with Crippen molar-refractivity contribution in [1.29, 1.82) is 0 Å². The topological polar surface area (TPSA) is 29.9 Å². The lowest BCUT2D eigenvalue weighted by atomic mass is 10.1. The molecular weight excluding hydrogens is 258 g/mol. The van der Waals surface area contributed by atoms with Crippen LogP contribution in [0.15, 0.2) is 6.20 Å². The standard InChI is InChI=1S/C18H35N3/c1-4-6-8-9-10-11-12-13-14-19-18-20-17(3)16-21(18)15-7-5-2/h16H,4-15H2,1-3H3,(H,19,20). The number of nitrogens with zero attached hydrogens (tertiary/aromatic N) is 2. The molecule has 0 aromatic carbocycles. The molecule has 0 fully saturated rings. The molecule has 1 aromatic heterocycles. The molecular formula is C18H35N3. The van der Waals surface area contributed by atoms with E-state index < -0.39 is 0 Å². The molecule has 0 spiro atoms. The van der Waals surface area contributed by atoms with Crippen LogP contribution in [0.25, 0.3) is 0 Å². The molecule has 1 heterocycles. The molecule has 0 radical (unpaired) electrons. The maximum absolute atomic E-state index is 4.58. The summed E-state index contributed by atoms with van der Waals surface area (Å²) in [4.78, 5) is 4.58. The van der Waals surface area contributed by atoms with E-state index in [4.69, 9.17) is 0 Å². The van der Waals surface area contributed by atoms with E-state index in [1.165, 1.54) is 64.2 Å². The molecule has 21 heavy (non-hydrogen) atoms. The van der Waals surface area contributed by atoms with Crippen molar-refractivity contribution in [1.82, 2.24) is 9.55 Å². The Morgan fingerprint density at radius 3 is 2.19 bits per heavy atom. The Bertz CT molecular complexity index is 357. The molecule has 0 aliphatic rings. The van der Waals surface area contributed by atoms with Crippen LogP contribution in [0, 0.1) is 6.92 Å². The second-order valence-corrected chi connectivity index (χ2v) is 6.15. The summed E-state index contributed by atoms with van der Waals surface area (Å²) in [5, 5.41) is 3.51. The highest BCUT2D eigenvalue weighted by atomic mass is 15.2. The maximum Gasteiger partial charge on any atom is 0.203 e. The van der Waals surface area contributed by atoms with Gasteiger partial charge in [-0.05, 0) is 19.8 Å². The SMILES string of the molecule is CCCCCCCCCCNc1nc(C)cn1CCCC. The highest BCUT2D eigenvalue weighted by Crippen LogP contribution is 2.11. The van der Waals surface area contributed by atoms with Gasteiger partial charge in [0.25, 0.3) is 0 Å².